The van der Waals surface area contributed by atoms with Crippen LogP contribution in [0, 0.1) is 0 Å². The van der Waals surface area contributed by atoms with E-state index >= 15 is 0 Å². The highest BCUT2D eigenvalue weighted by Crippen LogP contribution is 2.19. The van der Waals surface area contributed by atoms with Gasteiger partial charge in [-0.2, -0.15) is 0 Å². The van der Waals surface area contributed by atoms with Gasteiger partial charge in [0, 0.05) is 12.2 Å². The molecule has 0 bridgehead atoms. The van der Waals surface area contributed by atoms with Crippen molar-refractivity contribution >= 4 is 23.6 Å². The monoisotopic (exact) mass is 359 g/mol. The van der Waals surface area contributed by atoms with E-state index in [2.05, 4.69) is 16.7 Å². The zero-order valence-corrected chi connectivity index (χ0v) is 14.9. The van der Waals surface area contributed by atoms with Crippen LogP contribution in [0.4, 0.5) is 10.5 Å². The fourth-order valence-electron chi connectivity index (χ4n) is 2.77. The van der Waals surface area contributed by atoms with Gasteiger partial charge in [0.1, 0.15) is 0 Å². The van der Waals surface area contributed by atoms with Gasteiger partial charge < -0.3 is 21.1 Å². The van der Waals surface area contributed by atoms with Crippen LogP contribution in [0.5, 0.6) is 0 Å². The Balaban J connectivity index is 1.81. The summed E-state index contributed by atoms with van der Waals surface area (Å²) in [5, 5.41) is 5.18. The average Bonchev–Trinajstić information content (AvgIpc) is 2.62. The van der Waals surface area contributed by atoms with Crippen molar-refractivity contribution in [1.82, 2.24) is 5.32 Å². The van der Waals surface area contributed by atoms with Crippen LogP contribution in [-0.2, 0) is 9.53 Å². The zero-order chi connectivity index (χ0) is 18.9. The molecule has 0 saturated carbocycles. The van der Waals surface area contributed by atoms with Gasteiger partial charge in [0.2, 0.25) is 0 Å². The van der Waals surface area contributed by atoms with Crippen LogP contribution >= 0.6 is 0 Å². The van der Waals surface area contributed by atoms with Gasteiger partial charge in [-0.15, -0.1) is 0 Å². The molecule has 7 heteroatoms. The normalized spacial score (nSPS) is 14.7. The highest BCUT2D eigenvalue weighted by Gasteiger charge is 2.19. The first-order valence-corrected chi connectivity index (χ1v) is 8.79. The molecule has 2 rings (SSSR count). The number of amides is 3. The standard InChI is InChI=1S/C19H25N3O4/c1-13(17(23)21-11-10-14-6-3-2-4-7-14)26-18(24)15-8-5-9-16(12-15)22-19(20)25/h5-6,8-9,12-13H,2-4,7,10-11H2,1H3,(H,21,23)(H3,20,22,25)/t13-/m0/s1. The van der Waals surface area contributed by atoms with Crippen molar-refractivity contribution in [2.75, 3.05) is 11.9 Å². The van der Waals surface area contributed by atoms with Crippen LogP contribution < -0.4 is 16.4 Å². The third kappa shape index (κ3) is 6.23. The molecule has 26 heavy (non-hydrogen) atoms. The van der Waals surface area contributed by atoms with Crippen molar-refractivity contribution in [2.24, 2.45) is 5.73 Å². The number of carbonyl (C=O) groups is 3. The Morgan fingerprint density at radius 2 is 2.08 bits per heavy atom. The van der Waals surface area contributed by atoms with Crippen LogP contribution in [0.2, 0.25) is 0 Å². The summed E-state index contributed by atoms with van der Waals surface area (Å²) in [6.45, 7) is 2.06. The molecule has 1 aromatic rings. The Morgan fingerprint density at radius 1 is 1.27 bits per heavy atom. The number of allylic oxidation sites excluding steroid dienone is 1. The fraction of sp³-hybridized carbons (Fsp3) is 0.421. The molecule has 0 aromatic heterocycles. The number of hydrogen-bond donors (Lipinski definition) is 3. The number of carbonyl (C=O) groups excluding carboxylic acids is 3. The predicted octanol–water partition coefficient (Wildman–Crippen LogP) is 2.73. The van der Waals surface area contributed by atoms with Crippen LogP contribution in [-0.4, -0.2) is 30.6 Å². The van der Waals surface area contributed by atoms with Crippen molar-refractivity contribution in [3.8, 4) is 0 Å². The summed E-state index contributed by atoms with van der Waals surface area (Å²) in [7, 11) is 0. The van der Waals surface area contributed by atoms with E-state index < -0.39 is 18.1 Å². The Hall–Kier alpha value is -2.83. The molecule has 1 aliphatic rings. The van der Waals surface area contributed by atoms with Gasteiger partial charge in [0.25, 0.3) is 5.91 Å². The van der Waals surface area contributed by atoms with Crippen molar-refractivity contribution in [3.05, 3.63) is 41.5 Å². The van der Waals surface area contributed by atoms with Crippen LogP contribution in [0.1, 0.15) is 49.4 Å². The van der Waals surface area contributed by atoms with Gasteiger partial charge in [-0.05, 0) is 57.2 Å². The molecule has 3 amide bonds. The molecule has 0 spiro atoms. The smallest absolute Gasteiger partial charge is 0.338 e. The molecule has 1 aromatic carbocycles. The number of rotatable bonds is 7. The Kier molecular flexibility index (Phi) is 7.20. The summed E-state index contributed by atoms with van der Waals surface area (Å²) in [4.78, 5) is 35.1. The maximum absolute atomic E-state index is 12.2. The molecule has 0 saturated heterocycles. The summed E-state index contributed by atoms with van der Waals surface area (Å²) < 4.78 is 5.19. The largest absolute Gasteiger partial charge is 0.449 e. The fourth-order valence-corrected chi connectivity index (χ4v) is 2.77. The number of anilines is 1. The molecule has 0 aliphatic heterocycles. The number of benzene rings is 1. The van der Waals surface area contributed by atoms with Crippen LogP contribution in [0.25, 0.3) is 0 Å². The Morgan fingerprint density at radius 3 is 2.77 bits per heavy atom. The van der Waals surface area contributed by atoms with Gasteiger partial charge in [-0.3, -0.25) is 4.79 Å². The number of esters is 1. The third-order valence-corrected chi connectivity index (χ3v) is 4.15. The van der Waals surface area contributed by atoms with Crippen molar-refractivity contribution in [1.29, 1.82) is 0 Å². The molecule has 4 N–H and O–H groups in total. The first-order chi connectivity index (χ1) is 12.5. The molecular weight excluding hydrogens is 334 g/mol. The molecule has 140 valence electrons. The van der Waals surface area contributed by atoms with Crippen molar-refractivity contribution < 1.29 is 19.1 Å². The van der Waals surface area contributed by atoms with Gasteiger partial charge in [-0.25, -0.2) is 9.59 Å². The lowest BCUT2D eigenvalue weighted by molar-refractivity contribution is -0.129. The molecule has 0 heterocycles. The number of ether oxygens (including phenoxy) is 1. The summed E-state index contributed by atoms with van der Waals surface area (Å²) in [5.41, 5.74) is 7.03. The topological polar surface area (TPSA) is 111 Å². The second kappa shape index (κ2) is 9.60. The number of primary amides is 1. The summed E-state index contributed by atoms with van der Waals surface area (Å²) in [6.07, 6.45) is 6.81. The molecule has 0 radical (unpaired) electrons. The van der Waals surface area contributed by atoms with Gasteiger partial charge in [-0.1, -0.05) is 17.7 Å². The number of nitrogens with two attached hydrogens (primary N) is 1. The first kappa shape index (κ1) is 19.5. The molecule has 0 unspecified atom stereocenters. The van der Waals surface area contributed by atoms with Gasteiger partial charge >= 0.3 is 12.0 Å². The molecule has 1 atom stereocenters. The SMILES string of the molecule is C[C@H](OC(=O)c1cccc(NC(N)=O)c1)C(=O)NCCC1=CCCCC1. The average molecular weight is 359 g/mol. The van der Waals surface area contributed by atoms with Crippen LogP contribution in [0.15, 0.2) is 35.9 Å². The maximum atomic E-state index is 12.2. The Bertz CT molecular complexity index is 700. The lowest BCUT2D eigenvalue weighted by Crippen LogP contribution is -2.36. The number of urea groups is 1. The lowest BCUT2D eigenvalue weighted by atomic mass is 9.97. The van der Waals surface area contributed by atoms with Gasteiger partial charge in [0.15, 0.2) is 6.10 Å². The second-order valence-corrected chi connectivity index (χ2v) is 6.27. The van der Waals surface area contributed by atoms with E-state index in [9.17, 15) is 14.4 Å². The minimum absolute atomic E-state index is 0.225. The molecule has 1 aliphatic carbocycles. The van der Waals surface area contributed by atoms with E-state index in [0.29, 0.717) is 12.2 Å². The quantitative estimate of drug-likeness (QED) is 0.513. The highest BCUT2D eigenvalue weighted by molar-refractivity contribution is 5.94. The van der Waals surface area contributed by atoms with Gasteiger partial charge in [0.05, 0.1) is 5.56 Å². The van der Waals surface area contributed by atoms with E-state index in [1.165, 1.54) is 37.5 Å². The number of nitrogens with one attached hydrogen (secondary N) is 2. The van der Waals surface area contributed by atoms with E-state index in [0.717, 1.165) is 19.3 Å². The first-order valence-electron chi connectivity index (χ1n) is 8.79. The molecule has 7 nitrogen and oxygen atoms in total. The predicted molar refractivity (Wildman–Crippen MR) is 98.7 cm³/mol. The maximum Gasteiger partial charge on any atom is 0.338 e. The minimum atomic E-state index is -0.907. The number of hydrogen-bond acceptors (Lipinski definition) is 4. The summed E-state index contributed by atoms with van der Waals surface area (Å²) in [6, 6.07) is 5.43. The minimum Gasteiger partial charge on any atom is -0.449 e. The molecular formula is C19H25N3O4. The Labute approximate surface area is 153 Å². The van der Waals surface area contributed by atoms with Crippen LogP contribution in [0.3, 0.4) is 0 Å². The lowest BCUT2D eigenvalue weighted by Gasteiger charge is -2.16. The van der Waals surface area contributed by atoms with E-state index in [1.807, 2.05) is 0 Å². The third-order valence-electron chi connectivity index (χ3n) is 4.15. The zero-order valence-electron chi connectivity index (χ0n) is 14.9. The summed E-state index contributed by atoms with van der Waals surface area (Å²) in [5.74, 6) is -0.975. The highest BCUT2D eigenvalue weighted by atomic mass is 16.5. The van der Waals surface area contributed by atoms with Crippen molar-refractivity contribution in [3.63, 3.8) is 0 Å². The van der Waals surface area contributed by atoms with E-state index in [1.54, 1.807) is 12.1 Å². The van der Waals surface area contributed by atoms with Crippen molar-refractivity contribution in [2.45, 2.75) is 45.1 Å². The second-order valence-electron chi connectivity index (χ2n) is 6.27. The molecule has 0 fully saturated rings. The van der Waals surface area contributed by atoms with E-state index in [-0.39, 0.29) is 11.5 Å². The van der Waals surface area contributed by atoms with E-state index in [4.69, 9.17) is 10.5 Å². The summed E-state index contributed by atoms with van der Waals surface area (Å²) >= 11 is 0.